The lowest BCUT2D eigenvalue weighted by molar-refractivity contribution is 0.119. The van der Waals surface area contributed by atoms with Gasteiger partial charge in [0.2, 0.25) is 0 Å². The third-order valence-corrected chi connectivity index (χ3v) is 3.24. The van der Waals surface area contributed by atoms with Crippen LogP contribution in [0.1, 0.15) is 24.8 Å². The number of aryl methyl sites for hydroxylation is 1. The van der Waals surface area contributed by atoms with Gasteiger partial charge in [-0.1, -0.05) is 17.7 Å². The van der Waals surface area contributed by atoms with Crippen molar-refractivity contribution in [1.29, 1.82) is 0 Å². The Bertz CT molecular complexity index is 361. The molecule has 1 unspecified atom stereocenters. The predicted octanol–water partition coefficient (Wildman–Crippen LogP) is 3.19. The summed E-state index contributed by atoms with van der Waals surface area (Å²) >= 11 is 6.00. The van der Waals surface area contributed by atoms with E-state index in [4.69, 9.17) is 16.3 Å². The van der Waals surface area contributed by atoms with E-state index < -0.39 is 0 Å². The molecule has 2 rings (SSSR count). The Morgan fingerprint density at radius 2 is 2.25 bits per heavy atom. The zero-order valence-electron chi connectivity index (χ0n) is 9.45. The predicted molar refractivity (Wildman–Crippen MR) is 65.0 cm³/mol. The lowest BCUT2D eigenvalue weighted by Crippen LogP contribution is -2.13. The maximum Gasteiger partial charge on any atom is 0.138 e. The molecule has 88 valence electrons. The topological polar surface area (TPSA) is 29.5 Å². The zero-order valence-corrected chi connectivity index (χ0v) is 10.2. The van der Waals surface area contributed by atoms with Crippen molar-refractivity contribution in [2.45, 2.75) is 32.3 Å². The summed E-state index contributed by atoms with van der Waals surface area (Å²) in [6, 6.07) is 5.71. The van der Waals surface area contributed by atoms with E-state index in [1.807, 2.05) is 25.1 Å². The van der Waals surface area contributed by atoms with Gasteiger partial charge in [0, 0.05) is 6.42 Å². The van der Waals surface area contributed by atoms with Crippen molar-refractivity contribution in [2.24, 2.45) is 5.92 Å². The Kier molecular flexibility index (Phi) is 3.72. The fraction of sp³-hybridized carbons (Fsp3) is 0.538. The molecule has 1 atom stereocenters. The van der Waals surface area contributed by atoms with Crippen molar-refractivity contribution < 1.29 is 9.84 Å². The molecule has 0 amide bonds. The molecule has 1 N–H and O–H groups in total. The van der Waals surface area contributed by atoms with Crippen LogP contribution in [-0.2, 0) is 0 Å². The molecule has 2 nitrogen and oxygen atoms in total. The minimum Gasteiger partial charge on any atom is -0.492 e. The van der Waals surface area contributed by atoms with Crippen molar-refractivity contribution in [3.63, 3.8) is 0 Å². The van der Waals surface area contributed by atoms with Crippen LogP contribution in [0.2, 0.25) is 5.02 Å². The van der Waals surface area contributed by atoms with Gasteiger partial charge in [-0.2, -0.15) is 0 Å². The summed E-state index contributed by atoms with van der Waals surface area (Å²) < 4.78 is 5.57. The second kappa shape index (κ2) is 5.07. The fourth-order valence-electron chi connectivity index (χ4n) is 1.73. The Labute approximate surface area is 101 Å². The van der Waals surface area contributed by atoms with Crippen LogP contribution in [0, 0.1) is 12.8 Å². The number of benzene rings is 1. The quantitative estimate of drug-likeness (QED) is 0.857. The molecule has 0 spiro atoms. The van der Waals surface area contributed by atoms with E-state index in [2.05, 4.69) is 0 Å². The first-order valence-corrected chi connectivity index (χ1v) is 6.11. The standard InChI is InChI=1S/C13H17ClO2/c1-9-2-5-11(14)13(8-9)16-7-6-12(15)10-3-4-10/h2,5,8,10,12,15H,3-4,6-7H2,1H3. The molecule has 1 saturated carbocycles. The maximum absolute atomic E-state index is 9.68. The highest BCUT2D eigenvalue weighted by atomic mass is 35.5. The van der Waals surface area contributed by atoms with Gasteiger partial charge < -0.3 is 9.84 Å². The van der Waals surface area contributed by atoms with Crippen LogP contribution in [0.15, 0.2) is 18.2 Å². The van der Waals surface area contributed by atoms with E-state index >= 15 is 0 Å². The van der Waals surface area contributed by atoms with Crippen molar-refractivity contribution >= 4 is 11.6 Å². The number of ether oxygens (including phenoxy) is 1. The molecular weight excluding hydrogens is 224 g/mol. The normalized spacial score (nSPS) is 17.2. The number of halogens is 1. The monoisotopic (exact) mass is 240 g/mol. The van der Waals surface area contributed by atoms with Gasteiger partial charge in [-0.25, -0.2) is 0 Å². The van der Waals surface area contributed by atoms with Gasteiger partial charge in [0.05, 0.1) is 17.7 Å². The SMILES string of the molecule is Cc1ccc(Cl)c(OCCC(O)C2CC2)c1. The molecule has 1 fully saturated rings. The van der Waals surface area contributed by atoms with E-state index in [0.717, 1.165) is 18.4 Å². The van der Waals surface area contributed by atoms with Gasteiger partial charge in [-0.3, -0.25) is 0 Å². The average Bonchev–Trinajstić information content (AvgIpc) is 3.06. The molecule has 1 aromatic carbocycles. The first kappa shape index (κ1) is 11.7. The van der Waals surface area contributed by atoms with Gasteiger partial charge >= 0.3 is 0 Å². The number of hydrogen-bond donors (Lipinski definition) is 1. The number of aliphatic hydroxyl groups is 1. The van der Waals surface area contributed by atoms with Gasteiger partial charge in [0.1, 0.15) is 5.75 Å². The lowest BCUT2D eigenvalue weighted by atomic mass is 10.2. The maximum atomic E-state index is 9.68. The Hall–Kier alpha value is -0.730. The van der Waals surface area contributed by atoms with Crippen molar-refractivity contribution in [3.8, 4) is 5.75 Å². The third-order valence-electron chi connectivity index (χ3n) is 2.92. The molecule has 1 aromatic rings. The Morgan fingerprint density at radius 1 is 1.50 bits per heavy atom. The largest absolute Gasteiger partial charge is 0.492 e. The highest BCUT2D eigenvalue weighted by Crippen LogP contribution is 2.34. The minimum absolute atomic E-state index is 0.205. The summed E-state index contributed by atoms with van der Waals surface area (Å²) in [5.41, 5.74) is 1.13. The number of rotatable bonds is 5. The minimum atomic E-state index is -0.205. The van der Waals surface area contributed by atoms with Crippen LogP contribution in [0.4, 0.5) is 0 Å². The van der Waals surface area contributed by atoms with E-state index in [0.29, 0.717) is 29.7 Å². The van der Waals surface area contributed by atoms with Crippen molar-refractivity contribution in [3.05, 3.63) is 28.8 Å². The molecule has 0 radical (unpaired) electrons. The molecule has 0 bridgehead atoms. The lowest BCUT2D eigenvalue weighted by Gasteiger charge is -2.11. The van der Waals surface area contributed by atoms with E-state index in [1.165, 1.54) is 0 Å². The van der Waals surface area contributed by atoms with Gasteiger partial charge in [-0.05, 0) is 43.4 Å². The molecule has 0 aliphatic heterocycles. The molecule has 1 aliphatic carbocycles. The van der Waals surface area contributed by atoms with Crippen LogP contribution in [0.5, 0.6) is 5.75 Å². The summed E-state index contributed by atoms with van der Waals surface area (Å²) in [7, 11) is 0. The number of hydrogen-bond acceptors (Lipinski definition) is 2. The van der Waals surface area contributed by atoms with E-state index in [1.54, 1.807) is 0 Å². The number of aliphatic hydroxyl groups excluding tert-OH is 1. The average molecular weight is 241 g/mol. The third kappa shape index (κ3) is 3.13. The molecule has 1 aliphatic rings. The van der Waals surface area contributed by atoms with Crippen molar-refractivity contribution in [2.75, 3.05) is 6.61 Å². The van der Waals surface area contributed by atoms with Gasteiger partial charge in [-0.15, -0.1) is 0 Å². The first-order valence-electron chi connectivity index (χ1n) is 5.74. The van der Waals surface area contributed by atoms with Crippen LogP contribution >= 0.6 is 11.6 Å². The highest BCUT2D eigenvalue weighted by molar-refractivity contribution is 6.32. The van der Waals surface area contributed by atoms with E-state index in [-0.39, 0.29) is 6.10 Å². The van der Waals surface area contributed by atoms with Gasteiger partial charge in [0.25, 0.3) is 0 Å². The van der Waals surface area contributed by atoms with Gasteiger partial charge in [0.15, 0.2) is 0 Å². The van der Waals surface area contributed by atoms with Crippen molar-refractivity contribution in [1.82, 2.24) is 0 Å². The molecule has 0 saturated heterocycles. The molecular formula is C13H17ClO2. The molecule has 0 aromatic heterocycles. The Morgan fingerprint density at radius 3 is 2.94 bits per heavy atom. The highest BCUT2D eigenvalue weighted by Gasteiger charge is 2.29. The fourth-order valence-corrected chi connectivity index (χ4v) is 1.90. The molecule has 3 heteroatoms. The summed E-state index contributed by atoms with van der Waals surface area (Å²) in [4.78, 5) is 0. The van der Waals surface area contributed by atoms with E-state index in [9.17, 15) is 5.11 Å². The second-order valence-corrected chi connectivity index (χ2v) is 4.88. The molecule has 0 heterocycles. The summed E-state index contributed by atoms with van der Waals surface area (Å²) in [5, 5.41) is 10.3. The van der Waals surface area contributed by atoms with Crippen LogP contribution in [0.25, 0.3) is 0 Å². The smallest absolute Gasteiger partial charge is 0.138 e. The second-order valence-electron chi connectivity index (χ2n) is 4.48. The summed E-state index contributed by atoms with van der Waals surface area (Å²) in [6.07, 6.45) is 2.80. The summed E-state index contributed by atoms with van der Waals surface area (Å²) in [6.45, 7) is 2.53. The Balaban J connectivity index is 1.81. The van der Waals surface area contributed by atoms with Crippen LogP contribution < -0.4 is 4.74 Å². The van der Waals surface area contributed by atoms with Crippen LogP contribution in [0.3, 0.4) is 0 Å². The molecule has 16 heavy (non-hydrogen) atoms. The zero-order chi connectivity index (χ0) is 11.5. The first-order chi connectivity index (χ1) is 7.66. The summed E-state index contributed by atoms with van der Waals surface area (Å²) in [5.74, 6) is 1.22. The van der Waals surface area contributed by atoms with Crippen LogP contribution in [-0.4, -0.2) is 17.8 Å².